The van der Waals surface area contributed by atoms with Gasteiger partial charge in [0.25, 0.3) is 5.91 Å². The zero-order chi connectivity index (χ0) is 26.2. The van der Waals surface area contributed by atoms with Crippen molar-refractivity contribution in [2.24, 2.45) is 0 Å². The number of hydrogen-bond acceptors (Lipinski definition) is 6. The van der Waals surface area contributed by atoms with Crippen molar-refractivity contribution >= 4 is 17.5 Å². The SMILES string of the molecule is Cc1ccc(N2C(=O)C(O)=C(C(=O)c3ccc(C(C)C)cc3)C2c2ccc(OC(C)(C)C)cc2)nn1. The molecule has 7 nitrogen and oxygen atoms in total. The lowest BCUT2D eigenvalue weighted by Crippen LogP contribution is -2.32. The van der Waals surface area contributed by atoms with E-state index in [0.717, 1.165) is 5.56 Å². The van der Waals surface area contributed by atoms with Gasteiger partial charge < -0.3 is 9.84 Å². The molecule has 186 valence electrons. The van der Waals surface area contributed by atoms with Crippen molar-refractivity contribution in [2.75, 3.05) is 4.90 Å². The van der Waals surface area contributed by atoms with Crippen molar-refractivity contribution in [1.82, 2.24) is 10.2 Å². The standard InChI is InChI=1S/C29H31N3O4/c1-17(2)19-8-10-21(11-9-19)26(33)24-25(20-12-14-22(15-13-20)36-29(4,5)6)32(28(35)27(24)34)23-16-7-18(3)30-31-23/h7-17,25,34H,1-6H3. The van der Waals surface area contributed by atoms with Gasteiger partial charge in [-0.1, -0.05) is 50.2 Å². The normalized spacial score (nSPS) is 16.1. The number of aliphatic hydroxyl groups is 1. The van der Waals surface area contributed by atoms with E-state index in [1.54, 1.807) is 55.5 Å². The molecule has 2 heterocycles. The van der Waals surface area contributed by atoms with Crippen LogP contribution in [0.3, 0.4) is 0 Å². The summed E-state index contributed by atoms with van der Waals surface area (Å²) < 4.78 is 5.93. The molecule has 36 heavy (non-hydrogen) atoms. The van der Waals surface area contributed by atoms with Crippen LogP contribution >= 0.6 is 0 Å². The van der Waals surface area contributed by atoms with E-state index in [1.165, 1.54) is 4.90 Å². The summed E-state index contributed by atoms with van der Waals surface area (Å²) in [6.07, 6.45) is 0. The number of Topliss-reactive ketones (excluding diaryl/α,β-unsaturated/α-hetero) is 1. The van der Waals surface area contributed by atoms with Gasteiger partial charge in [-0.25, -0.2) is 0 Å². The maximum absolute atomic E-state index is 13.7. The predicted molar refractivity (Wildman–Crippen MR) is 138 cm³/mol. The van der Waals surface area contributed by atoms with Gasteiger partial charge in [0.2, 0.25) is 0 Å². The van der Waals surface area contributed by atoms with Crippen molar-refractivity contribution in [3.63, 3.8) is 0 Å². The lowest BCUT2D eigenvalue weighted by atomic mass is 9.91. The molecule has 4 rings (SSSR count). The van der Waals surface area contributed by atoms with E-state index in [1.807, 2.05) is 32.9 Å². The minimum absolute atomic E-state index is 0.00385. The zero-order valence-corrected chi connectivity index (χ0v) is 21.4. The Bertz CT molecular complexity index is 1300. The van der Waals surface area contributed by atoms with E-state index >= 15 is 0 Å². The molecule has 1 aliphatic heterocycles. The van der Waals surface area contributed by atoms with Crippen molar-refractivity contribution in [3.8, 4) is 5.75 Å². The number of ketones is 1. The molecule has 1 aromatic heterocycles. The molecule has 1 N–H and O–H groups in total. The molecule has 0 spiro atoms. The Morgan fingerprint density at radius 1 is 0.972 bits per heavy atom. The van der Waals surface area contributed by atoms with Gasteiger partial charge in [0.05, 0.1) is 17.3 Å². The van der Waals surface area contributed by atoms with Crippen molar-refractivity contribution in [3.05, 3.63) is 94.4 Å². The molecule has 0 radical (unpaired) electrons. The summed E-state index contributed by atoms with van der Waals surface area (Å²) in [5.41, 5.74) is 2.43. The number of carbonyl (C=O) groups excluding carboxylic acids is 2. The fraction of sp³-hybridized carbons (Fsp3) is 0.310. The van der Waals surface area contributed by atoms with Crippen LogP contribution in [0, 0.1) is 6.92 Å². The molecule has 0 saturated carbocycles. The van der Waals surface area contributed by atoms with E-state index in [9.17, 15) is 14.7 Å². The summed E-state index contributed by atoms with van der Waals surface area (Å²) in [5.74, 6) is -0.492. The third kappa shape index (κ3) is 5.00. The maximum atomic E-state index is 13.7. The van der Waals surface area contributed by atoms with Crippen LogP contribution in [-0.2, 0) is 4.79 Å². The fourth-order valence-corrected chi connectivity index (χ4v) is 4.16. The summed E-state index contributed by atoms with van der Waals surface area (Å²) in [6, 6.07) is 16.9. The highest BCUT2D eigenvalue weighted by molar-refractivity contribution is 6.20. The van der Waals surface area contributed by atoms with Gasteiger partial charge in [0.15, 0.2) is 17.4 Å². The Labute approximate surface area is 211 Å². The molecule has 1 unspecified atom stereocenters. The molecule has 7 heteroatoms. The van der Waals surface area contributed by atoms with E-state index < -0.39 is 23.5 Å². The van der Waals surface area contributed by atoms with Gasteiger partial charge >= 0.3 is 0 Å². The number of aryl methyl sites for hydroxylation is 1. The second kappa shape index (κ2) is 9.57. The predicted octanol–water partition coefficient (Wildman–Crippen LogP) is 5.87. The van der Waals surface area contributed by atoms with Crippen LogP contribution in [0.1, 0.15) is 73.8 Å². The number of aliphatic hydroxyl groups excluding tert-OH is 1. The van der Waals surface area contributed by atoms with Gasteiger partial charge in [-0.05, 0) is 69.0 Å². The van der Waals surface area contributed by atoms with Gasteiger partial charge in [-0.2, -0.15) is 5.10 Å². The smallest absolute Gasteiger partial charge is 0.295 e. The van der Waals surface area contributed by atoms with Crippen LogP contribution < -0.4 is 9.64 Å². The Morgan fingerprint density at radius 2 is 1.61 bits per heavy atom. The molecule has 1 aliphatic rings. The van der Waals surface area contributed by atoms with Gasteiger partial charge in [-0.15, -0.1) is 5.10 Å². The Balaban J connectivity index is 1.79. The first-order valence-corrected chi connectivity index (χ1v) is 12.0. The number of aromatic nitrogens is 2. The summed E-state index contributed by atoms with van der Waals surface area (Å²) >= 11 is 0. The number of nitrogens with zero attached hydrogens (tertiary/aromatic N) is 3. The molecule has 0 saturated heterocycles. The Kier molecular flexibility index (Phi) is 6.67. The van der Waals surface area contributed by atoms with E-state index in [2.05, 4.69) is 24.0 Å². The molecule has 2 aromatic carbocycles. The first kappa shape index (κ1) is 25.1. The lowest BCUT2D eigenvalue weighted by Gasteiger charge is -2.26. The van der Waals surface area contributed by atoms with Crippen LogP contribution in [0.5, 0.6) is 5.75 Å². The molecule has 0 bridgehead atoms. The first-order chi connectivity index (χ1) is 17.0. The summed E-state index contributed by atoms with van der Waals surface area (Å²) in [7, 11) is 0. The van der Waals surface area contributed by atoms with Crippen LogP contribution in [0.25, 0.3) is 0 Å². The average molecular weight is 486 g/mol. The number of anilines is 1. The third-order valence-electron chi connectivity index (χ3n) is 5.94. The highest BCUT2D eigenvalue weighted by atomic mass is 16.5. The van der Waals surface area contributed by atoms with Crippen LogP contribution in [0.15, 0.2) is 72.0 Å². The number of benzene rings is 2. The quantitative estimate of drug-likeness (QED) is 0.439. The van der Waals surface area contributed by atoms with Gasteiger partial charge in [0, 0.05) is 5.56 Å². The minimum Gasteiger partial charge on any atom is -0.503 e. The van der Waals surface area contributed by atoms with Gasteiger partial charge in [-0.3, -0.25) is 14.5 Å². The van der Waals surface area contributed by atoms with E-state index in [0.29, 0.717) is 28.5 Å². The Hall–Kier alpha value is -4.00. The van der Waals surface area contributed by atoms with Crippen LogP contribution in [0.4, 0.5) is 5.82 Å². The van der Waals surface area contributed by atoms with Crippen LogP contribution in [-0.4, -0.2) is 32.6 Å². The maximum Gasteiger partial charge on any atom is 0.295 e. The van der Waals surface area contributed by atoms with Crippen LogP contribution in [0.2, 0.25) is 0 Å². The molecule has 0 fully saturated rings. The molecule has 3 aromatic rings. The lowest BCUT2D eigenvalue weighted by molar-refractivity contribution is -0.117. The molecule has 1 amide bonds. The highest BCUT2D eigenvalue weighted by Crippen LogP contribution is 2.41. The van der Waals surface area contributed by atoms with E-state index in [-0.39, 0.29) is 17.0 Å². The minimum atomic E-state index is -0.879. The molecular formula is C29H31N3O4. The number of rotatable bonds is 6. The topological polar surface area (TPSA) is 92.6 Å². The van der Waals surface area contributed by atoms with Crippen molar-refractivity contribution < 1.29 is 19.4 Å². The number of amides is 1. The second-order valence-electron chi connectivity index (χ2n) is 10.3. The average Bonchev–Trinajstić information content (AvgIpc) is 3.09. The number of ether oxygens (including phenoxy) is 1. The van der Waals surface area contributed by atoms with E-state index in [4.69, 9.17) is 4.74 Å². The molecule has 1 atom stereocenters. The summed E-state index contributed by atoms with van der Waals surface area (Å²) in [6.45, 7) is 11.8. The first-order valence-electron chi connectivity index (χ1n) is 12.0. The highest BCUT2D eigenvalue weighted by Gasteiger charge is 2.45. The summed E-state index contributed by atoms with van der Waals surface area (Å²) in [5, 5.41) is 19.2. The monoisotopic (exact) mass is 485 g/mol. The fourth-order valence-electron chi connectivity index (χ4n) is 4.16. The largest absolute Gasteiger partial charge is 0.503 e. The zero-order valence-electron chi connectivity index (χ0n) is 21.4. The summed E-state index contributed by atoms with van der Waals surface area (Å²) in [4.78, 5) is 28.3. The number of carbonyl (C=O) groups is 2. The number of hydrogen-bond donors (Lipinski definition) is 1. The van der Waals surface area contributed by atoms with Crippen molar-refractivity contribution in [1.29, 1.82) is 0 Å². The second-order valence-corrected chi connectivity index (χ2v) is 10.3. The molecular weight excluding hydrogens is 454 g/mol. The van der Waals surface area contributed by atoms with Gasteiger partial charge in [0.1, 0.15) is 11.4 Å². The van der Waals surface area contributed by atoms with Crippen molar-refractivity contribution in [2.45, 2.75) is 59.1 Å². The third-order valence-corrected chi connectivity index (χ3v) is 5.94. The molecule has 0 aliphatic carbocycles. The Morgan fingerprint density at radius 3 is 2.14 bits per heavy atom.